The van der Waals surface area contributed by atoms with Crippen molar-refractivity contribution in [3.05, 3.63) is 23.5 Å². The summed E-state index contributed by atoms with van der Waals surface area (Å²) in [5, 5.41) is 3.20. The summed E-state index contributed by atoms with van der Waals surface area (Å²) < 4.78 is 14.0. The fourth-order valence-electron chi connectivity index (χ4n) is 2.99. The standard InChI is InChI=1S/C15H22FN3O/c1-8-3-4-13(9(2)5-8)19-14-6-10(15(18)20)12(17)7-11(14)16/h6-9,13,19H,3-5,17H2,1-2H3,(H2,18,20). The van der Waals surface area contributed by atoms with Gasteiger partial charge in [-0.2, -0.15) is 0 Å². The van der Waals surface area contributed by atoms with Gasteiger partial charge in [-0.25, -0.2) is 4.39 Å². The number of amides is 1. The molecule has 3 unspecified atom stereocenters. The van der Waals surface area contributed by atoms with Gasteiger partial charge in [-0.3, -0.25) is 4.79 Å². The lowest BCUT2D eigenvalue weighted by Crippen LogP contribution is -2.33. The number of carbonyl (C=O) groups excluding carboxylic acids is 1. The monoisotopic (exact) mass is 279 g/mol. The number of carbonyl (C=O) groups is 1. The molecule has 0 bridgehead atoms. The van der Waals surface area contributed by atoms with Crippen LogP contribution in [0.4, 0.5) is 15.8 Å². The number of hydrogen-bond donors (Lipinski definition) is 3. The van der Waals surface area contributed by atoms with E-state index in [0.717, 1.165) is 25.3 Å². The van der Waals surface area contributed by atoms with Crippen LogP contribution in [0, 0.1) is 17.7 Å². The number of anilines is 2. The third-order valence-corrected chi connectivity index (χ3v) is 4.18. The molecule has 0 spiro atoms. The number of nitrogens with two attached hydrogens (primary N) is 2. The first-order chi connectivity index (χ1) is 9.38. The van der Waals surface area contributed by atoms with Gasteiger partial charge in [0.15, 0.2) is 0 Å². The number of rotatable bonds is 3. The molecule has 20 heavy (non-hydrogen) atoms. The Balaban J connectivity index is 2.21. The molecule has 1 aromatic carbocycles. The van der Waals surface area contributed by atoms with Crippen LogP contribution in [-0.4, -0.2) is 11.9 Å². The lowest BCUT2D eigenvalue weighted by Gasteiger charge is -2.34. The minimum Gasteiger partial charge on any atom is -0.398 e. The van der Waals surface area contributed by atoms with E-state index in [1.165, 1.54) is 6.07 Å². The number of primary amides is 1. The van der Waals surface area contributed by atoms with Gasteiger partial charge in [-0.1, -0.05) is 13.8 Å². The molecule has 5 N–H and O–H groups in total. The number of nitrogens with one attached hydrogen (secondary N) is 1. The first-order valence-corrected chi connectivity index (χ1v) is 7.03. The Bertz CT molecular complexity index is 518. The molecule has 0 aromatic heterocycles. The van der Waals surface area contributed by atoms with E-state index in [2.05, 4.69) is 19.2 Å². The Morgan fingerprint density at radius 1 is 1.35 bits per heavy atom. The van der Waals surface area contributed by atoms with Crippen LogP contribution < -0.4 is 16.8 Å². The molecule has 110 valence electrons. The topological polar surface area (TPSA) is 81.1 Å². The predicted molar refractivity (Wildman–Crippen MR) is 78.9 cm³/mol. The van der Waals surface area contributed by atoms with Crippen LogP contribution in [0.25, 0.3) is 0 Å². The van der Waals surface area contributed by atoms with E-state index in [1.807, 2.05) is 0 Å². The molecule has 0 heterocycles. The lowest BCUT2D eigenvalue weighted by molar-refractivity contribution is 0.100. The van der Waals surface area contributed by atoms with Crippen molar-refractivity contribution in [2.75, 3.05) is 11.1 Å². The minimum atomic E-state index is -0.643. The molecule has 0 aliphatic heterocycles. The van der Waals surface area contributed by atoms with Gasteiger partial charge < -0.3 is 16.8 Å². The zero-order valence-electron chi connectivity index (χ0n) is 11.9. The minimum absolute atomic E-state index is 0.0749. The van der Waals surface area contributed by atoms with Gasteiger partial charge in [0.2, 0.25) is 0 Å². The fourth-order valence-corrected chi connectivity index (χ4v) is 2.99. The van der Waals surface area contributed by atoms with Gasteiger partial charge >= 0.3 is 0 Å². The Hall–Kier alpha value is -1.78. The van der Waals surface area contributed by atoms with Gasteiger partial charge in [-0.15, -0.1) is 0 Å². The van der Waals surface area contributed by atoms with Crippen LogP contribution in [0.3, 0.4) is 0 Å². The highest BCUT2D eigenvalue weighted by Crippen LogP contribution is 2.32. The Morgan fingerprint density at radius 2 is 2.05 bits per heavy atom. The van der Waals surface area contributed by atoms with Crippen molar-refractivity contribution < 1.29 is 9.18 Å². The summed E-state index contributed by atoms with van der Waals surface area (Å²) in [5.74, 6) is 0.0856. The molecule has 1 fully saturated rings. The average Bonchev–Trinajstić information content (AvgIpc) is 2.35. The SMILES string of the molecule is CC1CCC(Nc2cc(C(N)=O)c(N)cc2F)C(C)C1. The summed E-state index contributed by atoms with van der Waals surface area (Å²) in [4.78, 5) is 11.3. The molecule has 4 nitrogen and oxygen atoms in total. The zero-order valence-corrected chi connectivity index (χ0v) is 11.9. The third kappa shape index (κ3) is 3.03. The van der Waals surface area contributed by atoms with E-state index >= 15 is 0 Å². The van der Waals surface area contributed by atoms with Crippen molar-refractivity contribution in [3.8, 4) is 0 Å². The summed E-state index contributed by atoms with van der Waals surface area (Å²) in [6.07, 6.45) is 3.25. The smallest absolute Gasteiger partial charge is 0.250 e. The Labute approximate surface area is 118 Å². The summed E-state index contributed by atoms with van der Waals surface area (Å²) >= 11 is 0. The van der Waals surface area contributed by atoms with Gasteiger partial charge in [0.25, 0.3) is 5.91 Å². The van der Waals surface area contributed by atoms with Crippen LogP contribution in [0.15, 0.2) is 12.1 Å². The van der Waals surface area contributed by atoms with Crippen molar-refractivity contribution in [1.82, 2.24) is 0 Å². The predicted octanol–water partition coefficient (Wildman–Crippen LogP) is 2.74. The van der Waals surface area contributed by atoms with E-state index < -0.39 is 11.7 Å². The molecule has 0 saturated heterocycles. The van der Waals surface area contributed by atoms with Crippen LogP contribution in [0.2, 0.25) is 0 Å². The maximum atomic E-state index is 14.0. The second-order valence-electron chi connectivity index (χ2n) is 5.93. The van der Waals surface area contributed by atoms with E-state index in [0.29, 0.717) is 17.5 Å². The molecular formula is C15H22FN3O. The molecule has 0 radical (unpaired) electrons. The summed E-state index contributed by atoms with van der Waals surface area (Å²) in [5.41, 5.74) is 11.4. The second kappa shape index (κ2) is 5.69. The third-order valence-electron chi connectivity index (χ3n) is 4.18. The Kier molecular flexibility index (Phi) is 4.16. The molecule has 5 heteroatoms. The summed E-state index contributed by atoms with van der Waals surface area (Å²) in [6.45, 7) is 4.40. The van der Waals surface area contributed by atoms with E-state index in [4.69, 9.17) is 11.5 Å². The van der Waals surface area contributed by atoms with Crippen molar-refractivity contribution in [3.63, 3.8) is 0 Å². The van der Waals surface area contributed by atoms with Gasteiger partial charge in [-0.05, 0) is 43.2 Å². The van der Waals surface area contributed by atoms with Crippen LogP contribution in [0.1, 0.15) is 43.5 Å². The lowest BCUT2D eigenvalue weighted by atomic mass is 9.80. The highest BCUT2D eigenvalue weighted by Gasteiger charge is 2.26. The van der Waals surface area contributed by atoms with E-state index in [1.54, 1.807) is 0 Å². The number of halogens is 1. The van der Waals surface area contributed by atoms with Gasteiger partial charge in [0, 0.05) is 11.7 Å². The molecule has 1 aromatic rings. The largest absolute Gasteiger partial charge is 0.398 e. The van der Waals surface area contributed by atoms with Crippen LogP contribution in [-0.2, 0) is 0 Å². The molecule has 1 aliphatic rings. The molecule has 2 rings (SSSR count). The fraction of sp³-hybridized carbons (Fsp3) is 0.533. The first kappa shape index (κ1) is 14.6. The molecule has 3 atom stereocenters. The quantitative estimate of drug-likeness (QED) is 0.744. The van der Waals surface area contributed by atoms with E-state index in [9.17, 15) is 9.18 Å². The highest BCUT2D eigenvalue weighted by atomic mass is 19.1. The Morgan fingerprint density at radius 3 is 2.65 bits per heavy atom. The van der Waals surface area contributed by atoms with Crippen molar-refractivity contribution in [2.24, 2.45) is 17.6 Å². The normalized spacial score (nSPS) is 26.2. The summed E-state index contributed by atoms with van der Waals surface area (Å²) in [6, 6.07) is 2.78. The van der Waals surface area contributed by atoms with Gasteiger partial charge in [0.1, 0.15) is 5.82 Å². The van der Waals surface area contributed by atoms with Crippen LogP contribution >= 0.6 is 0 Å². The maximum absolute atomic E-state index is 14.0. The average molecular weight is 279 g/mol. The molecule has 1 amide bonds. The molecule has 1 aliphatic carbocycles. The zero-order chi connectivity index (χ0) is 14.9. The van der Waals surface area contributed by atoms with Gasteiger partial charge in [0.05, 0.1) is 11.3 Å². The van der Waals surface area contributed by atoms with Crippen molar-refractivity contribution in [1.29, 1.82) is 0 Å². The van der Waals surface area contributed by atoms with Crippen molar-refractivity contribution in [2.45, 2.75) is 39.2 Å². The molecule has 1 saturated carbocycles. The number of nitrogen functional groups attached to an aromatic ring is 1. The maximum Gasteiger partial charge on any atom is 0.250 e. The first-order valence-electron chi connectivity index (χ1n) is 7.03. The molecular weight excluding hydrogens is 257 g/mol. The summed E-state index contributed by atoms with van der Waals surface area (Å²) in [7, 11) is 0. The number of benzene rings is 1. The second-order valence-corrected chi connectivity index (χ2v) is 5.93. The van der Waals surface area contributed by atoms with Crippen molar-refractivity contribution >= 4 is 17.3 Å². The highest BCUT2D eigenvalue weighted by molar-refractivity contribution is 5.99. The van der Waals surface area contributed by atoms with E-state index in [-0.39, 0.29) is 17.3 Å². The number of hydrogen-bond acceptors (Lipinski definition) is 3. The van der Waals surface area contributed by atoms with Crippen LogP contribution in [0.5, 0.6) is 0 Å².